The Morgan fingerprint density at radius 1 is 1.35 bits per heavy atom. The lowest BCUT2D eigenvalue weighted by atomic mass is 9.72. The van der Waals surface area contributed by atoms with Crippen molar-refractivity contribution in [1.82, 2.24) is 5.32 Å². The Bertz CT molecular complexity index is 255. The van der Waals surface area contributed by atoms with Gasteiger partial charge in [-0.05, 0) is 50.9 Å². The number of carbonyl (C=O) groups is 1. The van der Waals surface area contributed by atoms with Gasteiger partial charge in [0.05, 0.1) is 5.54 Å². The number of hydrogen-bond acceptors (Lipinski definition) is 2. The van der Waals surface area contributed by atoms with E-state index in [-0.39, 0.29) is 5.91 Å². The first kappa shape index (κ1) is 14.5. The molecule has 100 valence electrons. The maximum atomic E-state index is 11.8. The molecule has 0 spiro atoms. The van der Waals surface area contributed by atoms with Crippen molar-refractivity contribution in [2.45, 2.75) is 71.4 Å². The van der Waals surface area contributed by atoms with E-state index in [1.807, 2.05) is 0 Å². The number of nitrogens with two attached hydrogens (primary N) is 1. The summed E-state index contributed by atoms with van der Waals surface area (Å²) >= 11 is 0. The minimum absolute atomic E-state index is 0.167. The number of hydrogen-bond donors (Lipinski definition) is 2. The molecule has 1 aliphatic rings. The van der Waals surface area contributed by atoms with Crippen molar-refractivity contribution < 1.29 is 4.79 Å². The monoisotopic (exact) mass is 240 g/mol. The van der Waals surface area contributed by atoms with E-state index in [0.717, 1.165) is 38.0 Å². The lowest BCUT2D eigenvalue weighted by molar-refractivity contribution is -0.126. The van der Waals surface area contributed by atoms with Crippen LogP contribution in [0.2, 0.25) is 0 Å². The van der Waals surface area contributed by atoms with Crippen molar-refractivity contribution >= 4 is 5.91 Å². The van der Waals surface area contributed by atoms with E-state index in [4.69, 9.17) is 5.73 Å². The zero-order valence-corrected chi connectivity index (χ0v) is 11.8. The molecule has 0 aromatic carbocycles. The molecule has 1 rings (SSSR count). The van der Waals surface area contributed by atoms with E-state index in [2.05, 4.69) is 33.0 Å². The first-order chi connectivity index (χ1) is 7.91. The van der Waals surface area contributed by atoms with E-state index in [9.17, 15) is 4.79 Å². The minimum Gasteiger partial charge on any atom is -0.368 e. The maximum Gasteiger partial charge on any atom is 0.237 e. The van der Waals surface area contributed by atoms with Gasteiger partial charge in [-0.2, -0.15) is 0 Å². The van der Waals surface area contributed by atoms with Crippen LogP contribution in [0.5, 0.6) is 0 Å². The van der Waals surface area contributed by atoms with Gasteiger partial charge in [-0.25, -0.2) is 0 Å². The summed E-state index contributed by atoms with van der Waals surface area (Å²) in [5, 5.41) is 3.47. The van der Waals surface area contributed by atoms with Gasteiger partial charge in [0.25, 0.3) is 0 Å². The third kappa shape index (κ3) is 3.44. The molecule has 0 aromatic heterocycles. The van der Waals surface area contributed by atoms with Crippen molar-refractivity contribution in [2.75, 3.05) is 0 Å². The molecular formula is C14H28N2O. The van der Waals surface area contributed by atoms with Crippen LogP contribution in [0.15, 0.2) is 0 Å². The Morgan fingerprint density at radius 3 is 2.24 bits per heavy atom. The van der Waals surface area contributed by atoms with Crippen molar-refractivity contribution in [3.05, 3.63) is 0 Å². The highest BCUT2D eigenvalue weighted by Gasteiger charge is 2.41. The molecule has 0 bridgehead atoms. The Labute approximate surface area is 106 Å². The first-order valence-electron chi connectivity index (χ1n) is 6.99. The topological polar surface area (TPSA) is 55.1 Å². The van der Waals surface area contributed by atoms with Crippen LogP contribution >= 0.6 is 0 Å². The molecule has 0 radical (unpaired) electrons. The Balaban J connectivity index is 2.67. The van der Waals surface area contributed by atoms with Crippen molar-refractivity contribution in [3.63, 3.8) is 0 Å². The number of rotatable bonds is 5. The number of nitrogens with one attached hydrogen (secondary N) is 1. The molecule has 1 fully saturated rings. The third-order valence-corrected chi connectivity index (χ3v) is 4.43. The van der Waals surface area contributed by atoms with Gasteiger partial charge in [-0.15, -0.1) is 0 Å². The van der Waals surface area contributed by atoms with Crippen LogP contribution in [-0.2, 0) is 4.79 Å². The first-order valence-corrected chi connectivity index (χ1v) is 6.99. The highest BCUT2D eigenvalue weighted by molar-refractivity contribution is 5.84. The summed E-state index contributed by atoms with van der Waals surface area (Å²) in [5.41, 5.74) is 5.18. The average molecular weight is 240 g/mol. The maximum absolute atomic E-state index is 11.8. The summed E-state index contributed by atoms with van der Waals surface area (Å²) in [6.45, 7) is 8.79. The zero-order valence-electron chi connectivity index (χ0n) is 11.8. The highest BCUT2D eigenvalue weighted by atomic mass is 16.1. The molecule has 3 nitrogen and oxygen atoms in total. The molecule has 0 heterocycles. The third-order valence-electron chi connectivity index (χ3n) is 4.43. The van der Waals surface area contributed by atoms with Crippen LogP contribution < -0.4 is 11.1 Å². The van der Waals surface area contributed by atoms with Gasteiger partial charge in [-0.3, -0.25) is 4.79 Å². The summed E-state index contributed by atoms with van der Waals surface area (Å²) in [4.78, 5) is 11.8. The van der Waals surface area contributed by atoms with E-state index in [1.54, 1.807) is 0 Å². The lowest BCUT2D eigenvalue weighted by Gasteiger charge is -2.41. The average Bonchev–Trinajstić information content (AvgIpc) is 2.29. The summed E-state index contributed by atoms with van der Waals surface area (Å²) in [6.07, 6.45) is 5.06. The second-order valence-corrected chi connectivity index (χ2v) is 5.98. The number of carbonyl (C=O) groups excluding carboxylic acids is 1. The van der Waals surface area contributed by atoms with Gasteiger partial charge in [-0.1, -0.05) is 20.8 Å². The Morgan fingerprint density at radius 2 is 1.88 bits per heavy atom. The van der Waals surface area contributed by atoms with Crippen LogP contribution in [-0.4, -0.2) is 17.5 Å². The van der Waals surface area contributed by atoms with Gasteiger partial charge in [0.1, 0.15) is 0 Å². The number of amides is 1. The summed E-state index contributed by atoms with van der Waals surface area (Å²) in [5.74, 6) is 1.30. The molecule has 1 unspecified atom stereocenters. The van der Waals surface area contributed by atoms with Gasteiger partial charge in [0.15, 0.2) is 0 Å². The molecule has 0 aliphatic heterocycles. The second kappa shape index (κ2) is 5.85. The molecule has 1 amide bonds. The Hall–Kier alpha value is -0.570. The van der Waals surface area contributed by atoms with E-state index in [0.29, 0.717) is 12.0 Å². The SMILES string of the molecule is CCC(C)NC1(C(N)=O)CCC(C(C)C)CC1. The minimum atomic E-state index is -0.444. The largest absolute Gasteiger partial charge is 0.368 e. The fraction of sp³-hybridized carbons (Fsp3) is 0.929. The summed E-state index contributed by atoms with van der Waals surface area (Å²) < 4.78 is 0. The van der Waals surface area contributed by atoms with Gasteiger partial charge < -0.3 is 11.1 Å². The Kier molecular flexibility index (Phi) is 4.99. The molecular weight excluding hydrogens is 212 g/mol. The predicted molar refractivity (Wildman–Crippen MR) is 71.6 cm³/mol. The fourth-order valence-corrected chi connectivity index (χ4v) is 2.84. The molecule has 0 aromatic rings. The van der Waals surface area contributed by atoms with Crippen LogP contribution in [0, 0.1) is 11.8 Å². The summed E-state index contributed by atoms with van der Waals surface area (Å²) in [7, 11) is 0. The molecule has 1 aliphatic carbocycles. The van der Waals surface area contributed by atoms with Crippen molar-refractivity contribution in [1.29, 1.82) is 0 Å². The molecule has 0 saturated heterocycles. The fourth-order valence-electron chi connectivity index (χ4n) is 2.84. The quantitative estimate of drug-likeness (QED) is 0.775. The van der Waals surface area contributed by atoms with Crippen LogP contribution in [0.25, 0.3) is 0 Å². The van der Waals surface area contributed by atoms with E-state index < -0.39 is 5.54 Å². The lowest BCUT2D eigenvalue weighted by Crippen LogP contribution is -2.59. The van der Waals surface area contributed by atoms with E-state index in [1.165, 1.54) is 0 Å². The molecule has 3 heteroatoms. The van der Waals surface area contributed by atoms with Crippen molar-refractivity contribution in [2.24, 2.45) is 17.6 Å². The summed E-state index contributed by atoms with van der Waals surface area (Å²) in [6, 6.07) is 0.359. The molecule has 3 N–H and O–H groups in total. The molecule has 17 heavy (non-hydrogen) atoms. The standard InChI is InChI=1S/C14H28N2O/c1-5-11(4)16-14(13(15)17)8-6-12(7-9-14)10(2)3/h10-12,16H,5-9H2,1-4H3,(H2,15,17). The van der Waals surface area contributed by atoms with Gasteiger partial charge in [0, 0.05) is 6.04 Å². The smallest absolute Gasteiger partial charge is 0.237 e. The van der Waals surface area contributed by atoms with Crippen LogP contribution in [0.3, 0.4) is 0 Å². The second-order valence-electron chi connectivity index (χ2n) is 5.98. The molecule has 1 saturated carbocycles. The molecule has 1 atom stereocenters. The van der Waals surface area contributed by atoms with Crippen molar-refractivity contribution in [3.8, 4) is 0 Å². The number of primary amides is 1. The van der Waals surface area contributed by atoms with Crippen LogP contribution in [0.1, 0.15) is 59.8 Å². The van der Waals surface area contributed by atoms with Gasteiger partial charge in [0.2, 0.25) is 5.91 Å². The zero-order chi connectivity index (χ0) is 13.1. The highest BCUT2D eigenvalue weighted by Crippen LogP contribution is 2.36. The van der Waals surface area contributed by atoms with Gasteiger partial charge >= 0.3 is 0 Å². The van der Waals surface area contributed by atoms with Crippen LogP contribution in [0.4, 0.5) is 0 Å². The predicted octanol–water partition coefficient (Wildman–Crippen LogP) is 2.44. The van der Waals surface area contributed by atoms with E-state index >= 15 is 0 Å². The normalized spacial score (nSPS) is 31.5.